The highest BCUT2D eigenvalue weighted by Gasteiger charge is 2.09. The van der Waals surface area contributed by atoms with Crippen molar-refractivity contribution in [2.75, 3.05) is 6.54 Å². The van der Waals surface area contributed by atoms with Crippen molar-refractivity contribution in [3.63, 3.8) is 0 Å². The molecule has 0 aliphatic heterocycles. The molecule has 0 bridgehead atoms. The summed E-state index contributed by atoms with van der Waals surface area (Å²) in [6, 6.07) is 5.54. The zero-order chi connectivity index (χ0) is 10.6. The summed E-state index contributed by atoms with van der Waals surface area (Å²) >= 11 is 5.82. The Kier molecular flexibility index (Phi) is 4.39. The van der Waals surface area contributed by atoms with Crippen LogP contribution in [-0.2, 0) is 0 Å². The van der Waals surface area contributed by atoms with E-state index in [1.807, 2.05) is 19.1 Å². The van der Waals surface area contributed by atoms with Crippen LogP contribution in [-0.4, -0.2) is 11.7 Å². The van der Waals surface area contributed by atoms with Gasteiger partial charge in [-0.15, -0.1) is 0 Å². The lowest BCUT2D eigenvalue weighted by atomic mass is 10.0. The minimum absolute atomic E-state index is 0.421. The third-order valence-corrected chi connectivity index (χ3v) is 2.51. The van der Waals surface area contributed by atoms with E-state index in [9.17, 15) is 5.11 Å². The predicted octanol–water partition coefficient (Wildman–Crippen LogP) is 2.42. The molecule has 2 nitrogen and oxygen atoms in total. The molecule has 3 heteroatoms. The van der Waals surface area contributed by atoms with Crippen LogP contribution in [0.4, 0.5) is 0 Å². The second kappa shape index (κ2) is 5.35. The summed E-state index contributed by atoms with van der Waals surface area (Å²) in [6.07, 6.45) is 1.12. The highest BCUT2D eigenvalue weighted by Crippen LogP contribution is 2.24. The zero-order valence-electron chi connectivity index (χ0n) is 8.33. The molecule has 1 unspecified atom stereocenters. The molecular formula is C11H16ClNO. The van der Waals surface area contributed by atoms with Gasteiger partial charge in [-0.2, -0.15) is 0 Å². The Hall–Kier alpha value is -0.570. The average Bonchev–Trinajstić information content (AvgIpc) is 2.14. The Morgan fingerprint density at radius 2 is 2.21 bits per heavy atom. The van der Waals surface area contributed by atoms with E-state index in [0.29, 0.717) is 18.0 Å². The molecule has 14 heavy (non-hydrogen) atoms. The Balaban J connectivity index is 2.74. The number of hydrogen-bond donors (Lipinski definition) is 2. The van der Waals surface area contributed by atoms with Crippen molar-refractivity contribution in [1.82, 2.24) is 0 Å². The molecule has 0 spiro atoms. The van der Waals surface area contributed by atoms with Crippen LogP contribution in [0, 0.1) is 6.92 Å². The molecule has 3 N–H and O–H groups in total. The van der Waals surface area contributed by atoms with Crippen molar-refractivity contribution >= 4 is 11.6 Å². The molecule has 1 aromatic rings. The maximum absolute atomic E-state index is 9.82. The Morgan fingerprint density at radius 1 is 1.50 bits per heavy atom. The molecule has 0 amide bonds. The molecule has 0 saturated carbocycles. The standard InChI is InChI=1S/C11H16ClNO/c1-8-7-9(12)4-5-10(8)11(14)3-2-6-13/h4-5,7,11,14H,2-3,6,13H2,1H3. The van der Waals surface area contributed by atoms with Crippen molar-refractivity contribution in [2.24, 2.45) is 5.73 Å². The van der Waals surface area contributed by atoms with Gasteiger partial charge in [0.1, 0.15) is 0 Å². The van der Waals surface area contributed by atoms with Crippen molar-refractivity contribution in [2.45, 2.75) is 25.9 Å². The molecule has 1 aromatic carbocycles. The third kappa shape index (κ3) is 2.98. The summed E-state index contributed by atoms with van der Waals surface area (Å²) in [7, 11) is 0. The van der Waals surface area contributed by atoms with Crippen molar-refractivity contribution in [3.05, 3.63) is 34.3 Å². The van der Waals surface area contributed by atoms with E-state index in [2.05, 4.69) is 0 Å². The number of halogens is 1. The number of benzene rings is 1. The predicted molar refractivity (Wildman–Crippen MR) is 59.4 cm³/mol. The second-order valence-corrected chi connectivity index (χ2v) is 3.88. The van der Waals surface area contributed by atoms with Crippen LogP contribution in [0.2, 0.25) is 5.02 Å². The zero-order valence-corrected chi connectivity index (χ0v) is 9.09. The smallest absolute Gasteiger partial charge is 0.0793 e. The summed E-state index contributed by atoms with van der Waals surface area (Å²) in [5.74, 6) is 0. The summed E-state index contributed by atoms with van der Waals surface area (Å²) < 4.78 is 0. The maximum Gasteiger partial charge on any atom is 0.0793 e. The normalized spacial score (nSPS) is 12.9. The van der Waals surface area contributed by atoms with Gasteiger partial charge in [0, 0.05) is 5.02 Å². The van der Waals surface area contributed by atoms with E-state index in [0.717, 1.165) is 17.5 Å². The first-order valence-corrected chi connectivity index (χ1v) is 5.17. The van der Waals surface area contributed by atoms with Crippen LogP contribution in [0.1, 0.15) is 30.1 Å². The number of aryl methyl sites for hydroxylation is 1. The molecule has 78 valence electrons. The molecular weight excluding hydrogens is 198 g/mol. The largest absolute Gasteiger partial charge is 0.388 e. The number of aliphatic hydroxyl groups is 1. The van der Waals surface area contributed by atoms with E-state index in [1.165, 1.54) is 0 Å². The van der Waals surface area contributed by atoms with Crippen LogP contribution < -0.4 is 5.73 Å². The fraction of sp³-hybridized carbons (Fsp3) is 0.455. The molecule has 0 saturated heterocycles. The van der Waals surface area contributed by atoms with E-state index in [-0.39, 0.29) is 0 Å². The van der Waals surface area contributed by atoms with E-state index >= 15 is 0 Å². The lowest BCUT2D eigenvalue weighted by Crippen LogP contribution is -2.04. The Bertz CT molecular complexity index is 301. The van der Waals surface area contributed by atoms with Gasteiger partial charge in [-0.05, 0) is 49.6 Å². The SMILES string of the molecule is Cc1cc(Cl)ccc1C(O)CCCN. The van der Waals surface area contributed by atoms with Gasteiger partial charge in [0.05, 0.1) is 6.10 Å². The minimum Gasteiger partial charge on any atom is -0.388 e. The molecule has 0 fully saturated rings. The monoisotopic (exact) mass is 213 g/mol. The molecule has 0 aliphatic rings. The molecule has 1 atom stereocenters. The molecule has 0 heterocycles. The van der Waals surface area contributed by atoms with Gasteiger partial charge in [-0.1, -0.05) is 17.7 Å². The van der Waals surface area contributed by atoms with Crippen molar-refractivity contribution in [1.29, 1.82) is 0 Å². The topological polar surface area (TPSA) is 46.2 Å². The summed E-state index contributed by atoms with van der Waals surface area (Å²) in [4.78, 5) is 0. The lowest BCUT2D eigenvalue weighted by Gasteiger charge is -2.13. The second-order valence-electron chi connectivity index (χ2n) is 3.45. The maximum atomic E-state index is 9.82. The van der Waals surface area contributed by atoms with Crippen LogP contribution in [0.25, 0.3) is 0 Å². The van der Waals surface area contributed by atoms with Crippen LogP contribution in [0.3, 0.4) is 0 Å². The quantitative estimate of drug-likeness (QED) is 0.807. The highest BCUT2D eigenvalue weighted by atomic mass is 35.5. The van der Waals surface area contributed by atoms with Gasteiger partial charge in [0.15, 0.2) is 0 Å². The first-order valence-electron chi connectivity index (χ1n) is 4.79. The third-order valence-electron chi connectivity index (χ3n) is 2.27. The fourth-order valence-electron chi connectivity index (χ4n) is 1.48. The highest BCUT2D eigenvalue weighted by molar-refractivity contribution is 6.30. The van der Waals surface area contributed by atoms with Gasteiger partial charge in [-0.3, -0.25) is 0 Å². The molecule has 1 rings (SSSR count). The van der Waals surface area contributed by atoms with Gasteiger partial charge in [0.25, 0.3) is 0 Å². The van der Waals surface area contributed by atoms with Crippen molar-refractivity contribution < 1.29 is 5.11 Å². The number of hydrogen-bond acceptors (Lipinski definition) is 2. The minimum atomic E-state index is -0.421. The van der Waals surface area contributed by atoms with E-state index in [4.69, 9.17) is 17.3 Å². The Morgan fingerprint density at radius 3 is 2.79 bits per heavy atom. The van der Waals surface area contributed by atoms with Crippen molar-refractivity contribution in [3.8, 4) is 0 Å². The number of aliphatic hydroxyl groups excluding tert-OH is 1. The average molecular weight is 214 g/mol. The van der Waals surface area contributed by atoms with Gasteiger partial charge < -0.3 is 10.8 Å². The van der Waals surface area contributed by atoms with Gasteiger partial charge in [-0.25, -0.2) is 0 Å². The summed E-state index contributed by atoms with van der Waals surface area (Å²) in [5, 5.41) is 10.5. The molecule has 0 radical (unpaired) electrons. The fourth-order valence-corrected chi connectivity index (χ4v) is 1.71. The van der Waals surface area contributed by atoms with Crippen LogP contribution in [0.15, 0.2) is 18.2 Å². The summed E-state index contributed by atoms with van der Waals surface area (Å²) in [6.45, 7) is 2.57. The first kappa shape index (κ1) is 11.5. The first-order chi connectivity index (χ1) is 6.65. The van der Waals surface area contributed by atoms with E-state index < -0.39 is 6.10 Å². The summed E-state index contributed by atoms with van der Waals surface area (Å²) in [5.41, 5.74) is 7.36. The van der Waals surface area contributed by atoms with Crippen LogP contribution in [0.5, 0.6) is 0 Å². The van der Waals surface area contributed by atoms with Gasteiger partial charge in [0.2, 0.25) is 0 Å². The van der Waals surface area contributed by atoms with Gasteiger partial charge >= 0.3 is 0 Å². The Labute approximate surface area is 89.7 Å². The number of nitrogens with two attached hydrogens (primary N) is 1. The lowest BCUT2D eigenvalue weighted by molar-refractivity contribution is 0.165. The molecule has 0 aromatic heterocycles. The van der Waals surface area contributed by atoms with E-state index in [1.54, 1.807) is 6.07 Å². The molecule has 0 aliphatic carbocycles. The van der Waals surface area contributed by atoms with Crippen LogP contribution >= 0.6 is 11.6 Å². The number of rotatable bonds is 4.